The van der Waals surface area contributed by atoms with Crippen LogP contribution >= 0.6 is 0 Å². The SMILES string of the molecule is CC/C=C\C/C=C\C/C=C\C/C=C\CCCCCCCCC(=O)OCC(COCCCCCCCC/C=C\CCCC)OC(=O)CCCCCCCCCCC/C=C\C/C=C\CCCCC. The van der Waals surface area contributed by atoms with Crippen LogP contribution in [0.3, 0.4) is 0 Å². The lowest BCUT2D eigenvalue weighted by Crippen LogP contribution is -2.30. The van der Waals surface area contributed by atoms with E-state index in [4.69, 9.17) is 14.2 Å². The van der Waals surface area contributed by atoms with E-state index in [1.165, 1.54) is 141 Å². The van der Waals surface area contributed by atoms with Crippen LogP contribution in [0.5, 0.6) is 0 Å². The lowest BCUT2D eigenvalue weighted by atomic mass is 10.1. The molecule has 0 aromatic heterocycles. The number of allylic oxidation sites excluding steroid dienone is 14. The molecule has 5 heteroatoms. The Labute approximate surface area is 409 Å². The Balaban J connectivity index is 4.27. The number of unbranched alkanes of at least 4 members (excludes halogenated alkanes) is 26. The molecule has 0 amide bonds. The van der Waals surface area contributed by atoms with E-state index in [0.29, 0.717) is 19.4 Å². The van der Waals surface area contributed by atoms with Crippen molar-refractivity contribution in [2.75, 3.05) is 19.8 Å². The summed E-state index contributed by atoms with van der Waals surface area (Å²) < 4.78 is 17.4. The third-order valence-corrected chi connectivity index (χ3v) is 11.9. The quantitative estimate of drug-likeness (QED) is 0.0346. The smallest absolute Gasteiger partial charge is 0.306 e. The lowest BCUT2D eigenvalue weighted by Gasteiger charge is -2.18. The fourth-order valence-corrected chi connectivity index (χ4v) is 7.69. The highest BCUT2D eigenvalue weighted by Crippen LogP contribution is 2.14. The van der Waals surface area contributed by atoms with Crippen molar-refractivity contribution in [3.05, 3.63) is 85.1 Å². The zero-order chi connectivity index (χ0) is 47.7. The van der Waals surface area contributed by atoms with Gasteiger partial charge in [0, 0.05) is 19.4 Å². The van der Waals surface area contributed by atoms with Crippen molar-refractivity contribution in [2.24, 2.45) is 0 Å². The molecule has 0 aromatic rings. The molecule has 0 bridgehead atoms. The van der Waals surface area contributed by atoms with Gasteiger partial charge in [-0.25, -0.2) is 0 Å². The molecule has 1 unspecified atom stereocenters. The van der Waals surface area contributed by atoms with Gasteiger partial charge in [-0.05, 0) is 109 Å². The summed E-state index contributed by atoms with van der Waals surface area (Å²) in [6.45, 7) is 7.65. The molecule has 0 aliphatic rings. The molecule has 0 radical (unpaired) electrons. The number of carbonyl (C=O) groups is 2. The summed E-state index contributed by atoms with van der Waals surface area (Å²) in [5.41, 5.74) is 0. The summed E-state index contributed by atoms with van der Waals surface area (Å²) in [5.74, 6) is -0.418. The van der Waals surface area contributed by atoms with Gasteiger partial charge in [-0.2, -0.15) is 0 Å². The van der Waals surface area contributed by atoms with Gasteiger partial charge in [0.15, 0.2) is 6.10 Å². The second-order valence-corrected chi connectivity index (χ2v) is 18.4. The summed E-state index contributed by atoms with van der Waals surface area (Å²) in [5, 5.41) is 0. The Bertz CT molecular complexity index is 1220. The maximum absolute atomic E-state index is 12.8. The summed E-state index contributed by atoms with van der Waals surface area (Å²) in [7, 11) is 0. The van der Waals surface area contributed by atoms with Crippen LogP contribution in [0.15, 0.2) is 85.1 Å². The maximum atomic E-state index is 12.8. The van der Waals surface area contributed by atoms with E-state index < -0.39 is 6.10 Å². The van der Waals surface area contributed by atoms with Crippen molar-refractivity contribution in [1.82, 2.24) is 0 Å². The first-order valence-corrected chi connectivity index (χ1v) is 28.1. The number of esters is 2. The second-order valence-electron chi connectivity index (χ2n) is 18.4. The summed E-state index contributed by atoms with van der Waals surface area (Å²) >= 11 is 0. The minimum Gasteiger partial charge on any atom is -0.462 e. The van der Waals surface area contributed by atoms with Gasteiger partial charge in [0.1, 0.15) is 6.61 Å². The van der Waals surface area contributed by atoms with Crippen LogP contribution < -0.4 is 0 Å². The molecule has 5 nitrogen and oxygen atoms in total. The Hall–Kier alpha value is -2.92. The molecule has 0 aliphatic heterocycles. The van der Waals surface area contributed by atoms with Crippen molar-refractivity contribution < 1.29 is 23.8 Å². The molecular weight excluding hydrogens is 813 g/mol. The number of hydrogen-bond acceptors (Lipinski definition) is 5. The Morgan fingerprint density at radius 3 is 1.15 bits per heavy atom. The van der Waals surface area contributed by atoms with Crippen molar-refractivity contribution in [1.29, 1.82) is 0 Å². The zero-order valence-electron chi connectivity index (χ0n) is 43.7. The Morgan fingerprint density at radius 1 is 0.348 bits per heavy atom. The number of hydrogen-bond donors (Lipinski definition) is 0. The number of carbonyl (C=O) groups excluding carboxylic acids is 2. The first-order chi connectivity index (χ1) is 32.6. The van der Waals surface area contributed by atoms with Gasteiger partial charge in [0.25, 0.3) is 0 Å². The fourth-order valence-electron chi connectivity index (χ4n) is 7.69. The molecule has 0 aromatic carbocycles. The van der Waals surface area contributed by atoms with Gasteiger partial charge in [0.2, 0.25) is 0 Å². The van der Waals surface area contributed by atoms with Crippen molar-refractivity contribution in [2.45, 2.75) is 271 Å². The molecule has 380 valence electrons. The number of ether oxygens (including phenoxy) is 3. The van der Waals surface area contributed by atoms with Gasteiger partial charge in [-0.3, -0.25) is 9.59 Å². The van der Waals surface area contributed by atoms with Crippen LogP contribution in [0.4, 0.5) is 0 Å². The standard InChI is InChI=1S/C61H106O5/c1-4-7-10-13-16-19-22-25-27-29-31-33-35-37-39-42-45-48-51-54-60(62)65-58-59(57-64-56-53-50-47-44-41-24-21-18-15-12-9-6-3)66-61(63)55-52-49-46-43-40-38-36-34-32-30-28-26-23-20-17-14-11-8-5-2/h7,10,15-20,25-28,31,33,59H,4-6,8-9,11-14,21-24,29-30,32,34-58H2,1-3H3/b10-7-,18-15-,19-16-,20-17-,27-25-,28-26-,33-31-. The van der Waals surface area contributed by atoms with Gasteiger partial charge >= 0.3 is 11.9 Å². The highest BCUT2D eigenvalue weighted by molar-refractivity contribution is 5.70. The van der Waals surface area contributed by atoms with Crippen LogP contribution in [0, 0.1) is 0 Å². The topological polar surface area (TPSA) is 61.8 Å². The third kappa shape index (κ3) is 53.7. The lowest BCUT2D eigenvalue weighted by molar-refractivity contribution is -0.163. The van der Waals surface area contributed by atoms with E-state index in [1.54, 1.807) is 0 Å². The van der Waals surface area contributed by atoms with Gasteiger partial charge < -0.3 is 14.2 Å². The molecule has 0 rings (SSSR count). The number of rotatable bonds is 51. The monoisotopic (exact) mass is 919 g/mol. The van der Waals surface area contributed by atoms with Crippen LogP contribution in [-0.2, 0) is 23.8 Å². The summed E-state index contributed by atoms with van der Waals surface area (Å²) in [6.07, 6.45) is 74.5. The van der Waals surface area contributed by atoms with Gasteiger partial charge in [0.05, 0.1) is 6.61 Å². The molecule has 1 atom stereocenters. The fraction of sp³-hybridized carbons (Fsp3) is 0.738. The van der Waals surface area contributed by atoms with E-state index in [9.17, 15) is 9.59 Å². The van der Waals surface area contributed by atoms with Crippen molar-refractivity contribution in [3.8, 4) is 0 Å². The molecule has 0 N–H and O–H groups in total. The Morgan fingerprint density at radius 2 is 0.697 bits per heavy atom. The predicted octanol–water partition coefficient (Wildman–Crippen LogP) is 19.2. The largest absolute Gasteiger partial charge is 0.462 e. The molecule has 0 aliphatic carbocycles. The van der Waals surface area contributed by atoms with Gasteiger partial charge in [-0.1, -0.05) is 228 Å². The molecule has 0 saturated heterocycles. The maximum Gasteiger partial charge on any atom is 0.306 e. The van der Waals surface area contributed by atoms with Gasteiger partial charge in [-0.15, -0.1) is 0 Å². The van der Waals surface area contributed by atoms with E-state index >= 15 is 0 Å². The molecular formula is C61H106O5. The molecule has 0 spiro atoms. The average Bonchev–Trinajstić information content (AvgIpc) is 3.32. The van der Waals surface area contributed by atoms with Crippen LogP contribution in [0.2, 0.25) is 0 Å². The minimum atomic E-state index is -0.551. The molecule has 0 saturated carbocycles. The Kier molecular flexibility index (Phi) is 53.9. The van der Waals surface area contributed by atoms with E-state index in [-0.39, 0.29) is 25.2 Å². The van der Waals surface area contributed by atoms with E-state index in [0.717, 1.165) is 89.9 Å². The van der Waals surface area contributed by atoms with Crippen molar-refractivity contribution >= 4 is 11.9 Å². The zero-order valence-corrected chi connectivity index (χ0v) is 43.7. The van der Waals surface area contributed by atoms with Crippen molar-refractivity contribution in [3.63, 3.8) is 0 Å². The molecule has 66 heavy (non-hydrogen) atoms. The van der Waals surface area contributed by atoms with Crippen LogP contribution in [-0.4, -0.2) is 37.9 Å². The highest BCUT2D eigenvalue weighted by Gasteiger charge is 2.17. The second kappa shape index (κ2) is 56.4. The third-order valence-electron chi connectivity index (χ3n) is 11.9. The minimum absolute atomic E-state index is 0.0710. The predicted molar refractivity (Wildman–Crippen MR) is 288 cm³/mol. The van der Waals surface area contributed by atoms with Crippen LogP contribution in [0.25, 0.3) is 0 Å². The molecule has 0 heterocycles. The average molecular weight is 920 g/mol. The summed E-state index contributed by atoms with van der Waals surface area (Å²) in [6, 6.07) is 0. The first-order valence-electron chi connectivity index (χ1n) is 28.1. The van der Waals surface area contributed by atoms with E-state index in [2.05, 4.69) is 106 Å². The normalized spacial score (nSPS) is 12.8. The molecule has 0 fully saturated rings. The summed E-state index contributed by atoms with van der Waals surface area (Å²) in [4.78, 5) is 25.5. The van der Waals surface area contributed by atoms with Crippen LogP contribution in [0.1, 0.15) is 265 Å². The first kappa shape index (κ1) is 63.1. The van der Waals surface area contributed by atoms with E-state index in [1.807, 2.05) is 0 Å². The highest BCUT2D eigenvalue weighted by atomic mass is 16.6.